The number of benzene rings is 3. The van der Waals surface area contributed by atoms with Crippen molar-refractivity contribution in [3.8, 4) is 0 Å². The molecule has 2 saturated heterocycles. The SMILES string of the molecule is CC[C@]12C=CCN(c3ccccc3)C(=O)[C@H]1[C@H]1C(=O)N(CCCO)C3C(=O)N(c4ccc5ccccc5c4)CC=C[C@@]31O2. The van der Waals surface area contributed by atoms with E-state index in [1.54, 1.807) is 14.7 Å². The van der Waals surface area contributed by atoms with Gasteiger partial charge in [-0.05, 0) is 47.9 Å². The smallest absolute Gasteiger partial charge is 0.253 e. The average Bonchev–Trinajstić information content (AvgIpc) is 3.32. The Kier molecular flexibility index (Phi) is 6.71. The van der Waals surface area contributed by atoms with Gasteiger partial charge in [-0.15, -0.1) is 0 Å². The maximum absolute atomic E-state index is 14.7. The van der Waals surface area contributed by atoms with Gasteiger partial charge in [0.15, 0.2) is 0 Å². The van der Waals surface area contributed by atoms with Crippen molar-refractivity contribution in [3.05, 3.63) is 97.1 Å². The zero-order valence-electron chi connectivity index (χ0n) is 24.1. The van der Waals surface area contributed by atoms with E-state index in [2.05, 4.69) is 0 Å². The van der Waals surface area contributed by atoms with Gasteiger partial charge in [-0.25, -0.2) is 0 Å². The summed E-state index contributed by atoms with van der Waals surface area (Å²) in [7, 11) is 0. The van der Waals surface area contributed by atoms with E-state index in [1.165, 1.54) is 0 Å². The molecule has 3 amide bonds. The first-order chi connectivity index (χ1) is 20.9. The van der Waals surface area contributed by atoms with Crippen molar-refractivity contribution in [2.75, 3.05) is 36.0 Å². The number of nitrogens with zero attached hydrogens (tertiary/aromatic N) is 3. The first-order valence-corrected chi connectivity index (χ1v) is 15.1. The molecule has 5 atom stereocenters. The van der Waals surface area contributed by atoms with E-state index >= 15 is 0 Å². The van der Waals surface area contributed by atoms with Gasteiger partial charge in [-0.1, -0.05) is 79.8 Å². The first kappa shape index (κ1) is 27.6. The first-order valence-electron chi connectivity index (χ1n) is 15.1. The Balaban J connectivity index is 1.35. The Morgan fingerprint density at radius 3 is 2.23 bits per heavy atom. The number of aliphatic hydroxyl groups is 1. The van der Waals surface area contributed by atoms with Gasteiger partial charge in [0.25, 0.3) is 5.91 Å². The number of para-hydroxylation sites is 1. The number of aliphatic hydroxyl groups excluding tert-OH is 1. The van der Waals surface area contributed by atoms with Crippen LogP contribution in [-0.4, -0.2) is 71.2 Å². The highest BCUT2D eigenvalue weighted by molar-refractivity contribution is 6.08. The summed E-state index contributed by atoms with van der Waals surface area (Å²) in [6.07, 6.45) is 8.44. The fourth-order valence-electron chi connectivity index (χ4n) is 7.66. The summed E-state index contributed by atoms with van der Waals surface area (Å²) in [5, 5.41) is 11.8. The molecule has 1 spiro atoms. The lowest BCUT2D eigenvalue weighted by Gasteiger charge is -2.38. The van der Waals surface area contributed by atoms with Crippen molar-refractivity contribution in [1.82, 2.24) is 4.90 Å². The molecule has 43 heavy (non-hydrogen) atoms. The summed E-state index contributed by atoms with van der Waals surface area (Å²) in [6.45, 7) is 2.69. The monoisotopic (exact) mass is 577 g/mol. The molecule has 1 N–H and O–H groups in total. The molecule has 4 aliphatic heterocycles. The normalized spacial score (nSPS) is 30.0. The number of carbonyl (C=O) groups is 3. The van der Waals surface area contributed by atoms with E-state index in [4.69, 9.17) is 4.74 Å². The minimum Gasteiger partial charge on any atom is -0.396 e. The second-order valence-electron chi connectivity index (χ2n) is 11.8. The predicted molar refractivity (Wildman–Crippen MR) is 164 cm³/mol. The maximum Gasteiger partial charge on any atom is 0.253 e. The highest BCUT2D eigenvalue weighted by Gasteiger charge is 2.75. The third-order valence-electron chi connectivity index (χ3n) is 9.61. The van der Waals surface area contributed by atoms with Gasteiger partial charge in [-0.2, -0.15) is 0 Å². The van der Waals surface area contributed by atoms with Crippen LogP contribution in [0.1, 0.15) is 19.8 Å². The van der Waals surface area contributed by atoms with Crippen LogP contribution >= 0.6 is 0 Å². The highest BCUT2D eigenvalue weighted by Crippen LogP contribution is 2.58. The van der Waals surface area contributed by atoms with Crippen molar-refractivity contribution in [3.63, 3.8) is 0 Å². The van der Waals surface area contributed by atoms with Crippen LogP contribution in [-0.2, 0) is 19.1 Å². The van der Waals surface area contributed by atoms with Gasteiger partial charge in [0, 0.05) is 37.6 Å². The van der Waals surface area contributed by atoms with Crippen LogP contribution in [0.25, 0.3) is 10.8 Å². The maximum atomic E-state index is 14.7. The van der Waals surface area contributed by atoms with Gasteiger partial charge in [0.05, 0.1) is 17.4 Å². The summed E-state index contributed by atoms with van der Waals surface area (Å²) < 4.78 is 7.04. The van der Waals surface area contributed by atoms with E-state index < -0.39 is 29.1 Å². The quantitative estimate of drug-likeness (QED) is 0.446. The van der Waals surface area contributed by atoms with E-state index in [0.717, 1.165) is 22.1 Å². The molecule has 220 valence electrons. The average molecular weight is 578 g/mol. The Bertz CT molecular complexity index is 1650. The highest BCUT2D eigenvalue weighted by atomic mass is 16.5. The summed E-state index contributed by atoms with van der Waals surface area (Å²) in [5.41, 5.74) is -0.910. The van der Waals surface area contributed by atoms with Crippen LogP contribution in [0.2, 0.25) is 0 Å². The fraction of sp³-hybridized carbons (Fsp3) is 0.343. The predicted octanol–water partition coefficient (Wildman–Crippen LogP) is 4.09. The third-order valence-corrected chi connectivity index (χ3v) is 9.61. The van der Waals surface area contributed by atoms with Crippen molar-refractivity contribution in [2.45, 2.75) is 37.0 Å². The molecule has 8 nitrogen and oxygen atoms in total. The fourth-order valence-corrected chi connectivity index (χ4v) is 7.66. The molecule has 3 aromatic rings. The number of anilines is 2. The Morgan fingerprint density at radius 2 is 1.49 bits per heavy atom. The Hall–Kier alpha value is -4.27. The Morgan fingerprint density at radius 1 is 0.791 bits per heavy atom. The number of ether oxygens (including phenoxy) is 1. The summed E-state index contributed by atoms with van der Waals surface area (Å²) >= 11 is 0. The van der Waals surface area contributed by atoms with Crippen LogP contribution in [0.5, 0.6) is 0 Å². The van der Waals surface area contributed by atoms with Crippen molar-refractivity contribution in [1.29, 1.82) is 0 Å². The van der Waals surface area contributed by atoms with Gasteiger partial charge < -0.3 is 24.5 Å². The molecule has 1 unspecified atom stereocenters. The third kappa shape index (κ3) is 4.07. The number of fused-ring (bicyclic) bond motifs is 3. The van der Waals surface area contributed by atoms with Crippen LogP contribution in [0.15, 0.2) is 97.1 Å². The van der Waals surface area contributed by atoms with E-state index in [0.29, 0.717) is 25.9 Å². The molecule has 0 aromatic heterocycles. The summed E-state index contributed by atoms with van der Waals surface area (Å²) in [5.74, 6) is -2.45. The molecule has 0 radical (unpaired) electrons. The minimum absolute atomic E-state index is 0.126. The summed E-state index contributed by atoms with van der Waals surface area (Å²) in [4.78, 5) is 48.7. The molecule has 0 saturated carbocycles. The van der Waals surface area contributed by atoms with Crippen LogP contribution in [0, 0.1) is 11.8 Å². The standard InChI is InChI=1S/C35H35N3O5/c1-2-34-17-8-19-36(26-13-4-3-5-14-26)31(40)28(34)29-32(41)38(21-10-22-39)30-33(42)37(20-9-18-35(29,30)43-34)27-16-15-24-11-6-7-12-25(24)23-27/h3-9,11-18,23,28-30,39H,2,10,19-22H2,1H3/t28-,29+,30?,34+,35+/m1/s1. The molecule has 2 fully saturated rings. The summed E-state index contributed by atoms with van der Waals surface area (Å²) in [6, 6.07) is 22.4. The van der Waals surface area contributed by atoms with Gasteiger partial charge in [-0.3, -0.25) is 14.4 Å². The molecule has 4 aliphatic rings. The zero-order valence-corrected chi connectivity index (χ0v) is 24.1. The molecular formula is C35H35N3O5. The van der Waals surface area contributed by atoms with E-state index in [1.807, 2.05) is 104 Å². The van der Waals surface area contributed by atoms with Crippen molar-refractivity contribution in [2.24, 2.45) is 11.8 Å². The van der Waals surface area contributed by atoms with Crippen molar-refractivity contribution >= 4 is 39.9 Å². The topological polar surface area (TPSA) is 90.4 Å². The number of hydrogen-bond donors (Lipinski definition) is 1. The van der Waals surface area contributed by atoms with Gasteiger partial charge in [0.2, 0.25) is 11.8 Å². The van der Waals surface area contributed by atoms with Gasteiger partial charge in [0.1, 0.15) is 11.6 Å². The van der Waals surface area contributed by atoms with Crippen LogP contribution < -0.4 is 9.80 Å². The van der Waals surface area contributed by atoms with Crippen LogP contribution in [0.3, 0.4) is 0 Å². The lowest BCUT2D eigenvalue weighted by Crippen LogP contribution is -2.56. The largest absolute Gasteiger partial charge is 0.396 e. The lowest BCUT2D eigenvalue weighted by molar-refractivity contribution is -0.145. The van der Waals surface area contributed by atoms with E-state index in [-0.39, 0.29) is 30.9 Å². The minimum atomic E-state index is -1.34. The van der Waals surface area contributed by atoms with Crippen LogP contribution in [0.4, 0.5) is 11.4 Å². The zero-order chi connectivity index (χ0) is 29.8. The van der Waals surface area contributed by atoms with E-state index in [9.17, 15) is 19.5 Å². The van der Waals surface area contributed by atoms with Gasteiger partial charge >= 0.3 is 0 Å². The number of hydrogen-bond acceptors (Lipinski definition) is 5. The molecule has 8 heteroatoms. The molecule has 7 rings (SSSR count). The molecule has 0 bridgehead atoms. The molecular weight excluding hydrogens is 542 g/mol. The molecule has 4 heterocycles. The Labute approximate surface area is 250 Å². The number of carbonyl (C=O) groups excluding carboxylic acids is 3. The number of likely N-dealkylation sites (tertiary alicyclic amines) is 1. The molecule has 0 aliphatic carbocycles. The van der Waals surface area contributed by atoms with Crippen molar-refractivity contribution < 1.29 is 24.2 Å². The number of rotatable bonds is 6. The molecule has 3 aromatic carbocycles. The second kappa shape index (κ2) is 10.5. The second-order valence-corrected chi connectivity index (χ2v) is 11.8. The number of amides is 3. The lowest BCUT2D eigenvalue weighted by atomic mass is 9.73.